The van der Waals surface area contributed by atoms with Crippen LogP contribution >= 0.6 is 0 Å². The molecule has 1 aliphatic carbocycles. The maximum Gasteiger partial charge on any atom is 0.248 e. The minimum atomic E-state index is -2.56. The van der Waals surface area contributed by atoms with E-state index >= 15 is 0 Å². The van der Waals surface area contributed by atoms with Gasteiger partial charge in [0.1, 0.15) is 5.75 Å². The van der Waals surface area contributed by atoms with Crippen molar-refractivity contribution in [1.29, 1.82) is 0 Å². The molecule has 0 bridgehead atoms. The van der Waals surface area contributed by atoms with Gasteiger partial charge in [-0.05, 0) is 44.2 Å². The normalized spacial score (nSPS) is 20.0. The Balaban J connectivity index is 1.57. The summed E-state index contributed by atoms with van der Waals surface area (Å²) < 4.78 is 32.1. The molecule has 1 unspecified atom stereocenters. The Labute approximate surface area is 136 Å². The highest BCUT2D eigenvalue weighted by atomic mass is 19.3. The SMILES string of the molecule is Cc1ccc(OCCCC(=O)NCC2CCCC(F)(F)C2)cc1. The highest BCUT2D eigenvalue weighted by molar-refractivity contribution is 5.75. The van der Waals surface area contributed by atoms with Crippen molar-refractivity contribution in [2.75, 3.05) is 13.2 Å². The van der Waals surface area contributed by atoms with Crippen molar-refractivity contribution < 1.29 is 18.3 Å². The molecule has 1 atom stereocenters. The van der Waals surface area contributed by atoms with Crippen LogP contribution in [0.1, 0.15) is 44.1 Å². The molecule has 2 rings (SSSR count). The fourth-order valence-corrected chi connectivity index (χ4v) is 2.85. The van der Waals surface area contributed by atoms with Crippen LogP contribution in [0.2, 0.25) is 0 Å². The lowest BCUT2D eigenvalue weighted by Crippen LogP contribution is -2.35. The molecular weight excluding hydrogens is 300 g/mol. The van der Waals surface area contributed by atoms with Gasteiger partial charge in [-0.3, -0.25) is 4.79 Å². The molecule has 0 aromatic heterocycles. The third kappa shape index (κ3) is 6.55. The summed E-state index contributed by atoms with van der Waals surface area (Å²) in [6, 6.07) is 7.75. The average molecular weight is 325 g/mol. The number of nitrogens with one attached hydrogen (secondary N) is 1. The average Bonchev–Trinajstić information content (AvgIpc) is 2.50. The number of halogens is 2. The minimum absolute atomic E-state index is 0.0200. The summed E-state index contributed by atoms with van der Waals surface area (Å²) in [6.45, 7) is 2.83. The predicted octanol–water partition coefficient (Wildman–Crippen LogP) is 4.10. The zero-order valence-electron chi connectivity index (χ0n) is 13.6. The van der Waals surface area contributed by atoms with Gasteiger partial charge in [0.15, 0.2) is 0 Å². The molecule has 128 valence electrons. The summed E-state index contributed by atoms with van der Waals surface area (Å²) in [7, 11) is 0. The second kappa shape index (κ2) is 8.27. The van der Waals surface area contributed by atoms with Gasteiger partial charge in [0.2, 0.25) is 11.8 Å². The second-order valence-corrected chi connectivity index (χ2v) is 6.39. The number of rotatable bonds is 7. The lowest BCUT2D eigenvalue weighted by Gasteiger charge is -2.28. The van der Waals surface area contributed by atoms with Crippen LogP contribution in [0.4, 0.5) is 8.78 Å². The third-order valence-electron chi connectivity index (χ3n) is 4.17. The van der Waals surface area contributed by atoms with E-state index in [-0.39, 0.29) is 24.7 Å². The van der Waals surface area contributed by atoms with Crippen LogP contribution in [0.15, 0.2) is 24.3 Å². The van der Waals surface area contributed by atoms with Gasteiger partial charge < -0.3 is 10.1 Å². The summed E-state index contributed by atoms with van der Waals surface area (Å²) in [5.41, 5.74) is 1.17. The Bertz CT molecular complexity index is 502. The molecule has 0 heterocycles. The molecule has 23 heavy (non-hydrogen) atoms. The Morgan fingerprint density at radius 2 is 2.09 bits per heavy atom. The van der Waals surface area contributed by atoms with E-state index in [0.717, 1.165) is 12.2 Å². The first-order valence-corrected chi connectivity index (χ1v) is 8.29. The first-order valence-electron chi connectivity index (χ1n) is 8.29. The molecule has 1 N–H and O–H groups in total. The molecule has 1 aromatic rings. The molecule has 0 radical (unpaired) electrons. The quantitative estimate of drug-likeness (QED) is 0.767. The standard InChI is InChI=1S/C18H25F2NO2/c1-14-6-8-16(9-7-14)23-11-3-5-17(22)21-13-15-4-2-10-18(19,20)12-15/h6-9,15H,2-5,10-13H2,1H3,(H,21,22). The number of ether oxygens (including phenoxy) is 1. The smallest absolute Gasteiger partial charge is 0.248 e. The highest BCUT2D eigenvalue weighted by Crippen LogP contribution is 2.36. The monoisotopic (exact) mass is 325 g/mol. The van der Waals surface area contributed by atoms with Gasteiger partial charge >= 0.3 is 0 Å². The van der Waals surface area contributed by atoms with Gasteiger partial charge in [0.25, 0.3) is 0 Å². The van der Waals surface area contributed by atoms with Gasteiger partial charge in [-0.1, -0.05) is 17.7 Å². The largest absolute Gasteiger partial charge is 0.494 e. The first-order chi connectivity index (χ1) is 10.9. The maximum absolute atomic E-state index is 13.3. The van der Waals surface area contributed by atoms with E-state index in [9.17, 15) is 13.6 Å². The lowest BCUT2D eigenvalue weighted by molar-refractivity contribution is -0.122. The molecular formula is C18H25F2NO2. The van der Waals surface area contributed by atoms with E-state index in [1.807, 2.05) is 31.2 Å². The molecule has 0 spiro atoms. The number of hydrogen-bond acceptors (Lipinski definition) is 2. The fraction of sp³-hybridized carbons (Fsp3) is 0.611. The van der Waals surface area contributed by atoms with Crippen molar-refractivity contribution in [2.24, 2.45) is 5.92 Å². The summed E-state index contributed by atoms with van der Waals surface area (Å²) in [5, 5.41) is 2.77. The molecule has 1 aromatic carbocycles. The van der Waals surface area contributed by atoms with Crippen LogP contribution in [0.25, 0.3) is 0 Å². The van der Waals surface area contributed by atoms with E-state index < -0.39 is 5.92 Å². The number of carbonyl (C=O) groups is 1. The van der Waals surface area contributed by atoms with E-state index in [1.54, 1.807) is 0 Å². The van der Waals surface area contributed by atoms with Crippen molar-refractivity contribution >= 4 is 5.91 Å². The zero-order valence-corrected chi connectivity index (χ0v) is 13.6. The van der Waals surface area contributed by atoms with Crippen molar-refractivity contribution in [2.45, 2.75) is 51.4 Å². The van der Waals surface area contributed by atoms with E-state index in [2.05, 4.69) is 5.32 Å². The molecule has 1 saturated carbocycles. The van der Waals surface area contributed by atoms with Crippen molar-refractivity contribution in [1.82, 2.24) is 5.32 Å². The van der Waals surface area contributed by atoms with E-state index in [1.165, 1.54) is 5.56 Å². The van der Waals surface area contributed by atoms with Crippen molar-refractivity contribution in [3.05, 3.63) is 29.8 Å². The van der Waals surface area contributed by atoms with Gasteiger partial charge in [-0.2, -0.15) is 0 Å². The maximum atomic E-state index is 13.3. The number of carbonyl (C=O) groups excluding carboxylic acids is 1. The predicted molar refractivity (Wildman–Crippen MR) is 85.8 cm³/mol. The molecule has 1 aliphatic rings. The topological polar surface area (TPSA) is 38.3 Å². The Morgan fingerprint density at radius 3 is 2.78 bits per heavy atom. The highest BCUT2D eigenvalue weighted by Gasteiger charge is 2.36. The molecule has 1 amide bonds. The van der Waals surface area contributed by atoms with Gasteiger partial charge in [-0.25, -0.2) is 8.78 Å². The first kappa shape index (κ1) is 17.7. The number of aryl methyl sites for hydroxylation is 1. The van der Waals surface area contributed by atoms with Gasteiger partial charge in [-0.15, -0.1) is 0 Å². The summed E-state index contributed by atoms with van der Waals surface area (Å²) >= 11 is 0. The second-order valence-electron chi connectivity index (χ2n) is 6.39. The summed E-state index contributed by atoms with van der Waals surface area (Å²) in [4.78, 5) is 11.7. The number of alkyl halides is 2. The summed E-state index contributed by atoms with van der Waals surface area (Å²) in [5.74, 6) is -1.96. The molecule has 0 saturated heterocycles. The van der Waals surface area contributed by atoms with Crippen molar-refractivity contribution in [3.63, 3.8) is 0 Å². The fourth-order valence-electron chi connectivity index (χ4n) is 2.85. The molecule has 0 aliphatic heterocycles. The molecule has 3 nitrogen and oxygen atoms in total. The number of benzene rings is 1. The third-order valence-corrected chi connectivity index (χ3v) is 4.17. The minimum Gasteiger partial charge on any atom is -0.494 e. The lowest BCUT2D eigenvalue weighted by atomic mass is 9.86. The Hall–Kier alpha value is -1.65. The summed E-state index contributed by atoms with van der Waals surface area (Å²) in [6.07, 6.45) is 2.15. The van der Waals surface area contributed by atoms with Gasteiger partial charge in [0, 0.05) is 25.8 Å². The van der Waals surface area contributed by atoms with Gasteiger partial charge in [0.05, 0.1) is 6.61 Å². The number of amides is 1. The van der Waals surface area contributed by atoms with Crippen LogP contribution in [0.3, 0.4) is 0 Å². The molecule has 1 fully saturated rings. The Kier molecular flexibility index (Phi) is 6.37. The number of hydrogen-bond donors (Lipinski definition) is 1. The van der Waals surface area contributed by atoms with Crippen LogP contribution < -0.4 is 10.1 Å². The van der Waals surface area contributed by atoms with E-state index in [4.69, 9.17) is 4.74 Å². The van der Waals surface area contributed by atoms with Crippen LogP contribution in [0.5, 0.6) is 5.75 Å². The van der Waals surface area contributed by atoms with E-state index in [0.29, 0.717) is 32.4 Å². The van der Waals surface area contributed by atoms with Crippen LogP contribution in [0, 0.1) is 12.8 Å². The van der Waals surface area contributed by atoms with Crippen LogP contribution in [-0.4, -0.2) is 25.0 Å². The Morgan fingerprint density at radius 1 is 1.35 bits per heavy atom. The zero-order chi connectivity index (χ0) is 16.7. The van der Waals surface area contributed by atoms with Crippen molar-refractivity contribution in [3.8, 4) is 5.75 Å². The van der Waals surface area contributed by atoms with Crippen LogP contribution in [-0.2, 0) is 4.79 Å². The molecule has 5 heteroatoms.